The average Bonchev–Trinajstić information content (AvgIpc) is 3.43. The van der Waals surface area contributed by atoms with E-state index < -0.39 is 38.8 Å². The van der Waals surface area contributed by atoms with Gasteiger partial charge in [-0.2, -0.15) is 0 Å². The second-order valence-electron chi connectivity index (χ2n) is 15.7. The van der Waals surface area contributed by atoms with Crippen LogP contribution in [0.4, 0.5) is 4.79 Å². The summed E-state index contributed by atoms with van der Waals surface area (Å²) in [5, 5.41) is 10.4. The highest BCUT2D eigenvalue weighted by Crippen LogP contribution is 2.40. The Morgan fingerprint density at radius 3 is 2.28 bits per heavy atom. The highest BCUT2D eigenvalue weighted by Gasteiger charge is 2.52. The van der Waals surface area contributed by atoms with E-state index in [1.807, 2.05) is 58.2 Å². The second kappa shape index (κ2) is 12.7. The Morgan fingerprint density at radius 2 is 1.72 bits per heavy atom. The summed E-state index contributed by atoms with van der Waals surface area (Å²) in [6.45, 7) is 23.7. The van der Waals surface area contributed by atoms with Crippen molar-refractivity contribution in [3.63, 3.8) is 0 Å². The Kier molecular flexibility index (Phi) is 9.53. The van der Waals surface area contributed by atoms with Crippen LogP contribution in [0.15, 0.2) is 48.7 Å². The largest absolute Gasteiger partial charge is 0.494 e. The van der Waals surface area contributed by atoms with Crippen molar-refractivity contribution in [2.75, 3.05) is 13.1 Å². The van der Waals surface area contributed by atoms with E-state index in [1.54, 1.807) is 0 Å². The fourth-order valence-electron chi connectivity index (χ4n) is 5.89. The molecule has 1 saturated heterocycles. The number of benzene rings is 1. The van der Waals surface area contributed by atoms with E-state index in [2.05, 4.69) is 70.5 Å². The van der Waals surface area contributed by atoms with Crippen molar-refractivity contribution in [3.8, 4) is 11.6 Å². The van der Waals surface area contributed by atoms with Crippen LogP contribution in [0.2, 0.25) is 18.1 Å². The Labute approximate surface area is 281 Å². The van der Waals surface area contributed by atoms with Gasteiger partial charge in [-0.3, -0.25) is 0 Å². The first-order valence-electron chi connectivity index (χ1n) is 16.7. The fourth-order valence-corrected chi connectivity index (χ4v) is 7.16. The van der Waals surface area contributed by atoms with Gasteiger partial charge in [-0.05, 0) is 113 Å². The standard InChI is InChI=1S/C36H52BN3O6Si/c1-24-12-13-25(2)40(24)32-19-15-27(21-38-32)31(44-47(10,11)34(3,4)5)23-39(33(41)42)22-29-17-14-26-20-28(16-18-30(26)43-29)37-45-35(6,7)36(8,9)46-37/h12-13,15-16,18-21,29,31H,14,17,22-23H2,1-11H3,(H,41,42)/t29-,31?/m1/s1. The number of pyridine rings is 1. The van der Waals surface area contributed by atoms with Crippen LogP contribution in [-0.4, -0.2) is 71.5 Å². The van der Waals surface area contributed by atoms with E-state index in [-0.39, 0.29) is 24.2 Å². The zero-order valence-electron chi connectivity index (χ0n) is 30.0. The lowest BCUT2D eigenvalue weighted by Gasteiger charge is -2.40. The smallest absolute Gasteiger partial charge is 0.488 e. The molecule has 47 heavy (non-hydrogen) atoms. The van der Waals surface area contributed by atoms with Gasteiger partial charge in [0.05, 0.1) is 30.4 Å². The number of nitrogens with zero attached hydrogens (tertiary/aromatic N) is 3. The molecule has 5 rings (SSSR count). The predicted octanol–water partition coefficient (Wildman–Crippen LogP) is 7.23. The van der Waals surface area contributed by atoms with E-state index in [9.17, 15) is 9.90 Å². The van der Waals surface area contributed by atoms with Crippen molar-refractivity contribution in [2.45, 2.75) is 117 Å². The van der Waals surface area contributed by atoms with Crippen LogP contribution in [-0.2, 0) is 20.2 Å². The third-order valence-electron chi connectivity index (χ3n) is 10.6. The normalized spacial score (nSPS) is 19.6. The van der Waals surface area contributed by atoms with Gasteiger partial charge in [-0.15, -0.1) is 0 Å². The molecule has 11 heteroatoms. The number of rotatable bonds is 9. The van der Waals surface area contributed by atoms with Crippen molar-refractivity contribution in [3.05, 3.63) is 71.2 Å². The van der Waals surface area contributed by atoms with Crippen LogP contribution in [0.5, 0.6) is 5.75 Å². The molecule has 0 spiro atoms. The Bertz CT molecular complexity index is 1560. The summed E-state index contributed by atoms with van der Waals surface area (Å²) in [7, 11) is -2.72. The van der Waals surface area contributed by atoms with Gasteiger partial charge < -0.3 is 33.0 Å². The van der Waals surface area contributed by atoms with Crippen LogP contribution in [0.1, 0.15) is 83.5 Å². The molecule has 1 aromatic carbocycles. The van der Waals surface area contributed by atoms with Crippen molar-refractivity contribution < 1.29 is 28.4 Å². The van der Waals surface area contributed by atoms with Gasteiger partial charge in [0, 0.05) is 17.6 Å². The van der Waals surface area contributed by atoms with Gasteiger partial charge in [0.15, 0.2) is 8.32 Å². The maximum absolute atomic E-state index is 12.7. The predicted molar refractivity (Wildman–Crippen MR) is 189 cm³/mol. The number of aryl methyl sites for hydroxylation is 3. The highest BCUT2D eigenvalue weighted by molar-refractivity contribution is 6.74. The van der Waals surface area contributed by atoms with Gasteiger partial charge in [-0.1, -0.05) is 39.0 Å². The lowest BCUT2D eigenvalue weighted by atomic mass is 9.77. The summed E-state index contributed by atoms with van der Waals surface area (Å²) >= 11 is 0. The molecule has 4 heterocycles. The number of fused-ring (bicyclic) bond motifs is 1. The van der Waals surface area contributed by atoms with Crippen molar-refractivity contribution in [1.82, 2.24) is 14.5 Å². The minimum atomic E-state index is -2.28. The SMILES string of the molecule is Cc1ccc(C)n1-c1ccc(C(CN(C[C@H]2CCc3cc(B4OC(C)(C)C(C)(C)O4)ccc3O2)C(=O)O)O[Si](C)(C)C(C)(C)C)cn1. The summed E-state index contributed by atoms with van der Waals surface area (Å²) in [5.74, 6) is 1.60. The van der Waals surface area contributed by atoms with E-state index in [4.69, 9.17) is 23.5 Å². The molecule has 2 aliphatic rings. The molecule has 2 aliphatic heterocycles. The minimum Gasteiger partial charge on any atom is -0.488 e. The van der Waals surface area contributed by atoms with E-state index >= 15 is 0 Å². The van der Waals surface area contributed by atoms with Crippen LogP contribution in [0.25, 0.3) is 5.82 Å². The third kappa shape index (κ3) is 7.33. The molecule has 9 nitrogen and oxygen atoms in total. The summed E-state index contributed by atoms with van der Waals surface area (Å²) < 4.78 is 27.9. The van der Waals surface area contributed by atoms with Crippen molar-refractivity contribution in [1.29, 1.82) is 0 Å². The van der Waals surface area contributed by atoms with E-state index in [1.165, 1.54) is 4.90 Å². The maximum atomic E-state index is 12.7. The summed E-state index contributed by atoms with van der Waals surface area (Å²) in [6.07, 6.45) is 1.55. The monoisotopic (exact) mass is 661 g/mol. The fraction of sp³-hybridized carbons (Fsp3) is 0.556. The topological polar surface area (TPSA) is 95.3 Å². The maximum Gasteiger partial charge on any atom is 0.494 e. The average molecular weight is 662 g/mol. The number of hydrogen-bond donors (Lipinski definition) is 1. The lowest BCUT2D eigenvalue weighted by molar-refractivity contribution is 0.00578. The second-order valence-corrected chi connectivity index (χ2v) is 20.4. The molecule has 3 aromatic rings. The molecular weight excluding hydrogens is 609 g/mol. The summed E-state index contributed by atoms with van der Waals surface area (Å²) in [6, 6.07) is 14.2. The molecule has 1 unspecified atom stereocenters. The van der Waals surface area contributed by atoms with Crippen LogP contribution in [0.3, 0.4) is 0 Å². The molecule has 0 bridgehead atoms. The van der Waals surface area contributed by atoms with Crippen LogP contribution in [0, 0.1) is 13.8 Å². The Hall–Kier alpha value is -3.12. The quantitative estimate of drug-likeness (QED) is 0.242. The molecule has 1 N–H and O–H groups in total. The summed E-state index contributed by atoms with van der Waals surface area (Å²) in [5.41, 5.74) is 4.27. The van der Waals surface area contributed by atoms with Crippen molar-refractivity contribution >= 4 is 27.0 Å². The molecule has 0 radical (unpaired) electrons. The zero-order chi connectivity index (χ0) is 34.5. The molecular formula is C36H52BN3O6Si. The first-order chi connectivity index (χ1) is 21.8. The van der Waals surface area contributed by atoms with Crippen molar-refractivity contribution in [2.24, 2.45) is 0 Å². The Balaban J connectivity index is 1.33. The highest BCUT2D eigenvalue weighted by atomic mass is 28.4. The number of amides is 1. The zero-order valence-corrected chi connectivity index (χ0v) is 31.0. The molecule has 254 valence electrons. The van der Waals surface area contributed by atoms with E-state index in [0.717, 1.165) is 46.0 Å². The molecule has 0 saturated carbocycles. The van der Waals surface area contributed by atoms with Gasteiger partial charge >= 0.3 is 13.2 Å². The third-order valence-corrected chi connectivity index (χ3v) is 15.1. The molecule has 2 atom stereocenters. The van der Waals surface area contributed by atoms with Gasteiger partial charge in [-0.25, -0.2) is 9.78 Å². The van der Waals surface area contributed by atoms with Crippen LogP contribution >= 0.6 is 0 Å². The lowest BCUT2D eigenvalue weighted by Crippen LogP contribution is -2.47. The number of aromatic nitrogens is 2. The van der Waals surface area contributed by atoms with Crippen LogP contribution < -0.4 is 10.2 Å². The van der Waals surface area contributed by atoms with Gasteiger partial charge in [0.25, 0.3) is 0 Å². The summed E-state index contributed by atoms with van der Waals surface area (Å²) in [4.78, 5) is 18.9. The number of ether oxygens (including phenoxy) is 1. The molecule has 1 fully saturated rings. The number of hydrogen-bond acceptors (Lipinski definition) is 6. The number of carboxylic acid groups (broad SMARTS) is 1. The molecule has 0 aliphatic carbocycles. The molecule has 1 amide bonds. The van der Waals surface area contributed by atoms with Gasteiger partial charge in [0.1, 0.15) is 17.7 Å². The Morgan fingerprint density at radius 1 is 1.09 bits per heavy atom. The van der Waals surface area contributed by atoms with Gasteiger partial charge in [0.2, 0.25) is 0 Å². The number of carbonyl (C=O) groups is 1. The minimum absolute atomic E-state index is 0.0544. The first-order valence-corrected chi connectivity index (χ1v) is 19.6. The first kappa shape index (κ1) is 35.2. The molecule has 2 aromatic heterocycles. The van der Waals surface area contributed by atoms with E-state index in [0.29, 0.717) is 6.42 Å².